The van der Waals surface area contributed by atoms with Gasteiger partial charge in [-0.3, -0.25) is 9.63 Å². The van der Waals surface area contributed by atoms with E-state index in [9.17, 15) is 4.79 Å². The lowest BCUT2D eigenvalue weighted by molar-refractivity contribution is -0.145. The zero-order chi connectivity index (χ0) is 10.3. The second-order valence-electron chi connectivity index (χ2n) is 3.95. The van der Waals surface area contributed by atoms with Gasteiger partial charge in [-0.2, -0.15) is 0 Å². The minimum absolute atomic E-state index is 0.0647. The topological polar surface area (TPSA) is 50.4 Å². The summed E-state index contributed by atoms with van der Waals surface area (Å²) in [4.78, 5) is 16.2. The summed E-state index contributed by atoms with van der Waals surface area (Å²) in [5.74, 6) is -0.0647. The molecule has 0 saturated carbocycles. The van der Waals surface area contributed by atoms with Crippen LogP contribution in [0.3, 0.4) is 0 Å². The van der Waals surface area contributed by atoms with Crippen LogP contribution in [0.25, 0.3) is 0 Å². The highest BCUT2D eigenvalue weighted by atomic mass is 16.7. The van der Waals surface area contributed by atoms with Crippen molar-refractivity contribution in [1.82, 2.24) is 10.8 Å². The Bertz CT molecular complexity index is 152. The molecular weight excluding hydrogens is 168 g/mol. The summed E-state index contributed by atoms with van der Waals surface area (Å²) < 4.78 is 0. The molecule has 0 heterocycles. The van der Waals surface area contributed by atoms with Gasteiger partial charge in [0.2, 0.25) is 5.91 Å². The van der Waals surface area contributed by atoms with E-state index in [1.807, 2.05) is 27.8 Å². The molecule has 0 rings (SSSR count). The lowest BCUT2D eigenvalue weighted by Crippen LogP contribution is -2.33. The van der Waals surface area contributed by atoms with E-state index in [1.54, 1.807) is 0 Å². The molecule has 0 aromatic heterocycles. The summed E-state index contributed by atoms with van der Waals surface area (Å²) in [6.07, 6.45) is 1.33. The smallest absolute Gasteiger partial charge is 0.243 e. The molecule has 78 valence electrons. The molecule has 0 unspecified atom stereocenters. The van der Waals surface area contributed by atoms with Gasteiger partial charge in [-0.05, 0) is 40.8 Å². The van der Waals surface area contributed by atoms with Gasteiger partial charge >= 0.3 is 0 Å². The Kier molecular flexibility index (Phi) is 5.66. The van der Waals surface area contributed by atoms with Crippen molar-refractivity contribution in [2.75, 3.05) is 13.6 Å². The molecule has 0 fully saturated rings. The highest BCUT2D eigenvalue weighted by Gasteiger charge is 2.12. The third kappa shape index (κ3) is 9.30. The van der Waals surface area contributed by atoms with Crippen LogP contribution in [0.5, 0.6) is 0 Å². The van der Waals surface area contributed by atoms with E-state index in [2.05, 4.69) is 10.8 Å². The summed E-state index contributed by atoms with van der Waals surface area (Å²) in [7, 11) is 1.86. The van der Waals surface area contributed by atoms with Crippen molar-refractivity contribution in [3.8, 4) is 0 Å². The summed E-state index contributed by atoms with van der Waals surface area (Å²) >= 11 is 0. The predicted octanol–water partition coefficient (Wildman–Crippen LogP) is 0.832. The standard InChI is InChI=1S/C9H20N2O2/c1-9(2,3)13-11-8(12)6-5-7-10-4/h10H,5-7H2,1-4H3,(H,11,12). The molecule has 0 aromatic carbocycles. The molecule has 0 aliphatic rings. The van der Waals surface area contributed by atoms with Gasteiger partial charge in [0.1, 0.15) is 0 Å². The van der Waals surface area contributed by atoms with E-state index in [-0.39, 0.29) is 11.5 Å². The van der Waals surface area contributed by atoms with Crippen molar-refractivity contribution >= 4 is 5.91 Å². The van der Waals surface area contributed by atoms with Crippen molar-refractivity contribution in [2.24, 2.45) is 0 Å². The molecule has 0 aliphatic heterocycles. The quantitative estimate of drug-likeness (QED) is 0.496. The number of hydroxylamine groups is 1. The third-order valence-corrected chi connectivity index (χ3v) is 1.30. The van der Waals surface area contributed by atoms with Crippen LogP contribution in [-0.4, -0.2) is 25.1 Å². The molecule has 0 aromatic rings. The monoisotopic (exact) mass is 188 g/mol. The van der Waals surface area contributed by atoms with Crippen molar-refractivity contribution in [2.45, 2.75) is 39.2 Å². The molecule has 0 spiro atoms. The number of hydrogen-bond donors (Lipinski definition) is 2. The van der Waals surface area contributed by atoms with Gasteiger partial charge in [0.15, 0.2) is 0 Å². The van der Waals surface area contributed by atoms with Crippen LogP contribution < -0.4 is 10.8 Å². The average molecular weight is 188 g/mol. The van der Waals surface area contributed by atoms with E-state index in [0.29, 0.717) is 6.42 Å². The van der Waals surface area contributed by atoms with Crippen LogP contribution in [0.2, 0.25) is 0 Å². The van der Waals surface area contributed by atoms with Gasteiger partial charge < -0.3 is 5.32 Å². The minimum Gasteiger partial charge on any atom is -0.320 e. The van der Waals surface area contributed by atoms with E-state index in [0.717, 1.165) is 13.0 Å². The largest absolute Gasteiger partial charge is 0.320 e. The fourth-order valence-corrected chi connectivity index (χ4v) is 0.687. The Morgan fingerprint density at radius 1 is 1.38 bits per heavy atom. The van der Waals surface area contributed by atoms with E-state index in [1.165, 1.54) is 0 Å². The van der Waals surface area contributed by atoms with Gasteiger partial charge in [-0.25, -0.2) is 5.48 Å². The highest BCUT2D eigenvalue weighted by molar-refractivity contribution is 5.74. The second kappa shape index (κ2) is 5.94. The van der Waals surface area contributed by atoms with E-state index >= 15 is 0 Å². The van der Waals surface area contributed by atoms with Crippen LogP contribution in [0.15, 0.2) is 0 Å². The summed E-state index contributed by atoms with van der Waals surface area (Å²) in [5.41, 5.74) is 2.09. The van der Waals surface area contributed by atoms with E-state index < -0.39 is 0 Å². The normalized spacial score (nSPS) is 11.4. The van der Waals surface area contributed by atoms with Crippen LogP contribution in [-0.2, 0) is 9.63 Å². The van der Waals surface area contributed by atoms with Crippen molar-refractivity contribution in [1.29, 1.82) is 0 Å². The lowest BCUT2D eigenvalue weighted by atomic mass is 10.2. The summed E-state index contributed by atoms with van der Waals surface area (Å²) in [6, 6.07) is 0. The van der Waals surface area contributed by atoms with Gasteiger partial charge in [0.05, 0.1) is 5.60 Å². The SMILES string of the molecule is CNCCCC(=O)NOC(C)(C)C. The first-order chi connectivity index (χ1) is 5.95. The molecular formula is C9H20N2O2. The molecule has 0 atom stereocenters. The Balaban J connectivity index is 3.41. The molecule has 0 aliphatic carbocycles. The van der Waals surface area contributed by atoms with Gasteiger partial charge in [0, 0.05) is 6.42 Å². The minimum atomic E-state index is -0.321. The van der Waals surface area contributed by atoms with Gasteiger partial charge in [-0.1, -0.05) is 0 Å². The first kappa shape index (κ1) is 12.4. The van der Waals surface area contributed by atoms with Gasteiger partial charge in [0.25, 0.3) is 0 Å². The first-order valence-corrected chi connectivity index (χ1v) is 4.57. The highest BCUT2D eigenvalue weighted by Crippen LogP contribution is 2.03. The predicted molar refractivity (Wildman–Crippen MR) is 52.1 cm³/mol. The number of rotatable bonds is 5. The molecule has 0 saturated heterocycles. The maximum absolute atomic E-state index is 11.1. The maximum Gasteiger partial charge on any atom is 0.243 e. The Morgan fingerprint density at radius 2 is 2.00 bits per heavy atom. The van der Waals surface area contributed by atoms with Crippen molar-refractivity contribution in [3.05, 3.63) is 0 Å². The molecule has 4 nitrogen and oxygen atoms in total. The number of amides is 1. The van der Waals surface area contributed by atoms with Gasteiger partial charge in [-0.15, -0.1) is 0 Å². The van der Waals surface area contributed by atoms with Crippen LogP contribution >= 0.6 is 0 Å². The molecule has 0 radical (unpaired) electrons. The van der Waals surface area contributed by atoms with E-state index in [4.69, 9.17) is 4.84 Å². The zero-order valence-electron chi connectivity index (χ0n) is 8.94. The van der Waals surface area contributed by atoms with Crippen molar-refractivity contribution < 1.29 is 9.63 Å². The van der Waals surface area contributed by atoms with Crippen LogP contribution in [0.4, 0.5) is 0 Å². The third-order valence-electron chi connectivity index (χ3n) is 1.30. The molecule has 4 heteroatoms. The van der Waals surface area contributed by atoms with Crippen molar-refractivity contribution in [3.63, 3.8) is 0 Å². The maximum atomic E-state index is 11.1. The molecule has 13 heavy (non-hydrogen) atoms. The number of carbonyl (C=O) groups excluding carboxylic acids is 1. The Morgan fingerprint density at radius 3 is 2.46 bits per heavy atom. The Hall–Kier alpha value is -0.610. The fraction of sp³-hybridized carbons (Fsp3) is 0.889. The summed E-state index contributed by atoms with van der Waals surface area (Å²) in [5, 5.41) is 2.97. The number of nitrogens with one attached hydrogen (secondary N) is 2. The van der Waals surface area contributed by atoms with Crippen LogP contribution in [0, 0.1) is 0 Å². The molecule has 1 amide bonds. The van der Waals surface area contributed by atoms with Crippen LogP contribution in [0.1, 0.15) is 33.6 Å². The molecule has 2 N–H and O–H groups in total. The zero-order valence-corrected chi connectivity index (χ0v) is 8.94. The first-order valence-electron chi connectivity index (χ1n) is 4.57. The second-order valence-corrected chi connectivity index (χ2v) is 3.95. The lowest BCUT2D eigenvalue weighted by Gasteiger charge is -2.18. The Labute approximate surface area is 80.0 Å². The average Bonchev–Trinajstić information content (AvgIpc) is 2.00. The number of carbonyl (C=O) groups is 1. The number of hydrogen-bond acceptors (Lipinski definition) is 3. The molecule has 0 bridgehead atoms. The summed E-state index contributed by atoms with van der Waals surface area (Å²) in [6.45, 7) is 6.52. The fourth-order valence-electron chi connectivity index (χ4n) is 0.687.